The molecule has 7 nitrogen and oxygen atoms in total. The molecule has 0 N–H and O–H groups in total. The van der Waals surface area contributed by atoms with Crippen LogP contribution in [0.5, 0.6) is 11.5 Å². The number of rotatable bonds is 3. The molecule has 0 saturated carbocycles. The SMILES string of the molecule is [B]c1nc2ncc(Oc3cnn4ccncc34)c(C(F)F)c2n1C. The van der Waals surface area contributed by atoms with Crippen molar-refractivity contribution in [2.45, 2.75) is 6.43 Å². The van der Waals surface area contributed by atoms with Crippen LogP contribution in [0.3, 0.4) is 0 Å². The first kappa shape index (κ1) is 14.6. The molecule has 0 atom stereocenters. The van der Waals surface area contributed by atoms with Crippen molar-refractivity contribution in [1.82, 2.24) is 29.1 Å². The maximum atomic E-state index is 13.7. The van der Waals surface area contributed by atoms with E-state index in [-0.39, 0.29) is 28.2 Å². The lowest BCUT2D eigenvalue weighted by Gasteiger charge is -2.11. The molecule has 0 saturated heterocycles. The molecular formula is C14H9BF2N6O. The van der Waals surface area contributed by atoms with Gasteiger partial charge in [0.15, 0.2) is 25.0 Å². The second-order valence-electron chi connectivity index (χ2n) is 5.06. The predicted molar refractivity (Wildman–Crippen MR) is 81.9 cm³/mol. The lowest BCUT2D eigenvalue weighted by atomic mass is 10.1. The average molecular weight is 326 g/mol. The Labute approximate surface area is 135 Å². The lowest BCUT2D eigenvalue weighted by molar-refractivity contribution is 0.149. The molecule has 0 spiro atoms. The summed E-state index contributed by atoms with van der Waals surface area (Å²) in [5.74, 6) is 0.209. The Morgan fingerprint density at radius 1 is 1.21 bits per heavy atom. The highest BCUT2D eigenvalue weighted by Gasteiger charge is 2.24. The second kappa shape index (κ2) is 5.26. The molecule has 118 valence electrons. The van der Waals surface area contributed by atoms with Gasteiger partial charge in [0.25, 0.3) is 6.43 Å². The predicted octanol–water partition coefficient (Wildman–Crippen LogP) is 1.53. The van der Waals surface area contributed by atoms with Gasteiger partial charge in [-0.15, -0.1) is 0 Å². The summed E-state index contributed by atoms with van der Waals surface area (Å²) in [5.41, 5.74) is 0.586. The standard InChI is InChI=1S/C14H9BF2N6O/c1-22-11-10(12(16)17)9(5-19-13(11)21-14(22)15)24-8-6-20-23-3-2-18-4-7(8)23/h2-6,12H,1H3. The van der Waals surface area contributed by atoms with E-state index in [1.54, 1.807) is 19.4 Å². The van der Waals surface area contributed by atoms with E-state index in [0.29, 0.717) is 11.3 Å². The molecule has 10 heteroatoms. The Kier molecular flexibility index (Phi) is 3.19. The van der Waals surface area contributed by atoms with Crippen LogP contribution in [0.1, 0.15) is 12.0 Å². The molecule has 0 fully saturated rings. The largest absolute Gasteiger partial charge is 0.451 e. The monoisotopic (exact) mass is 326 g/mol. The first-order valence-electron chi connectivity index (χ1n) is 6.90. The lowest BCUT2D eigenvalue weighted by Crippen LogP contribution is -2.15. The van der Waals surface area contributed by atoms with Crippen molar-refractivity contribution in [3.8, 4) is 11.5 Å². The van der Waals surface area contributed by atoms with Crippen LogP contribution < -0.4 is 10.5 Å². The van der Waals surface area contributed by atoms with Gasteiger partial charge in [0, 0.05) is 19.4 Å². The number of aromatic nitrogens is 6. The molecule has 0 bridgehead atoms. The van der Waals surface area contributed by atoms with Crippen molar-refractivity contribution in [3.63, 3.8) is 0 Å². The number of aryl methyl sites for hydroxylation is 1. The van der Waals surface area contributed by atoms with Crippen molar-refractivity contribution >= 4 is 30.3 Å². The molecule has 0 amide bonds. The number of alkyl halides is 2. The molecule has 4 heterocycles. The van der Waals surface area contributed by atoms with Crippen LogP contribution in [-0.2, 0) is 7.05 Å². The molecular weight excluding hydrogens is 317 g/mol. The van der Waals surface area contributed by atoms with E-state index in [2.05, 4.69) is 20.1 Å². The average Bonchev–Trinajstić information content (AvgIpc) is 3.10. The minimum Gasteiger partial charge on any atom is -0.451 e. The minimum absolute atomic E-state index is 0.0840. The van der Waals surface area contributed by atoms with Crippen molar-refractivity contribution in [3.05, 3.63) is 36.5 Å². The molecule has 0 aliphatic heterocycles. The summed E-state index contributed by atoms with van der Waals surface area (Å²) in [6.45, 7) is 0. The Balaban J connectivity index is 1.90. The van der Waals surface area contributed by atoms with Crippen molar-refractivity contribution in [2.24, 2.45) is 7.05 Å². The summed E-state index contributed by atoms with van der Waals surface area (Å²) in [4.78, 5) is 12.0. The number of hydrogen-bond acceptors (Lipinski definition) is 5. The summed E-state index contributed by atoms with van der Waals surface area (Å²) >= 11 is 0. The first-order chi connectivity index (χ1) is 11.6. The number of fused-ring (bicyclic) bond motifs is 2. The molecule has 0 aliphatic rings. The highest BCUT2D eigenvalue weighted by atomic mass is 19.3. The Morgan fingerprint density at radius 3 is 2.83 bits per heavy atom. The van der Waals surface area contributed by atoms with Crippen LogP contribution in [-0.4, -0.2) is 37.0 Å². The van der Waals surface area contributed by atoms with Gasteiger partial charge in [-0.25, -0.2) is 23.3 Å². The van der Waals surface area contributed by atoms with Gasteiger partial charge in [0.1, 0.15) is 5.52 Å². The van der Waals surface area contributed by atoms with Crippen LogP contribution in [0.25, 0.3) is 16.7 Å². The number of nitrogens with zero attached hydrogens (tertiary/aromatic N) is 6. The smallest absolute Gasteiger partial charge is 0.269 e. The van der Waals surface area contributed by atoms with Gasteiger partial charge in [-0.05, 0) is 0 Å². The number of pyridine rings is 1. The van der Waals surface area contributed by atoms with Gasteiger partial charge in [0.2, 0.25) is 0 Å². The molecule has 0 aromatic carbocycles. The van der Waals surface area contributed by atoms with Crippen LogP contribution >= 0.6 is 0 Å². The van der Waals surface area contributed by atoms with E-state index >= 15 is 0 Å². The van der Waals surface area contributed by atoms with E-state index in [9.17, 15) is 8.78 Å². The summed E-state index contributed by atoms with van der Waals surface area (Å²) in [7, 11) is 7.23. The van der Waals surface area contributed by atoms with Crippen molar-refractivity contribution in [1.29, 1.82) is 0 Å². The zero-order valence-electron chi connectivity index (χ0n) is 12.4. The summed E-state index contributed by atoms with van der Waals surface area (Å²) in [6.07, 6.45) is 4.54. The molecule has 24 heavy (non-hydrogen) atoms. The van der Waals surface area contributed by atoms with Crippen LogP contribution in [0, 0.1) is 0 Å². The topological polar surface area (TPSA) is 70.1 Å². The minimum atomic E-state index is -2.79. The zero-order valence-corrected chi connectivity index (χ0v) is 12.4. The fraction of sp³-hybridized carbons (Fsp3) is 0.143. The summed E-state index contributed by atoms with van der Waals surface area (Å²) < 4.78 is 35.9. The highest BCUT2D eigenvalue weighted by Crippen LogP contribution is 2.37. The fourth-order valence-electron chi connectivity index (χ4n) is 2.50. The van der Waals surface area contributed by atoms with Gasteiger partial charge >= 0.3 is 0 Å². The maximum absolute atomic E-state index is 13.7. The van der Waals surface area contributed by atoms with Gasteiger partial charge in [-0.2, -0.15) is 5.10 Å². The molecule has 0 unspecified atom stereocenters. The van der Waals surface area contributed by atoms with Crippen molar-refractivity contribution in [2.75, 3.05) is 0 Å². The quantitative estimate of drug-likeness (QED) is 0.534. The van der Waals surface area contributed by atoms with Crippen LogP contribution in [0.15, 0.2) is 31.0 Å². The van der Waals surface area contributed by atoms with Gasteiger partial charge < -0.3 is 9.30 Å². The third-order valence-electron chi connectivity index (χ3n) is 3.66. The third-order valence-corrected chi connectivity index (χ3v) is 3.66. The van der Waals surface area contributed by atoms with Crippen LogP contribution in [0.2, 0.25) is 0 Å². The van der Waals surface area contributed by atoms with E-state index in [1.807, 2.05) is 0 Å². The Bertz CT molecular complexity index is 1060. The maximum Gasteiger partial charge on any atom is 0.269 e. The van der Waals surface area contributed by atoms with Gasteiger partial charge in [0.05, 0.1) is 35.4 Å². The molecule has 2 radical (unpaired) electrons. The van der Waals surface area contributed by atoms with E-state index in [0.717, 1.165) is 0 Å². The second-order valence-corrected chi connectivity index (χ2v) is 5.06. The van der Waals surface area contributed by atoms with Crippen molar-refractivity contribution < 1.29 is 13.5 Å². The molecule has 4 aromatic heterocycles. The van der Waals surface area contributed by atoms with Gasteiger partial charge in [-0.1, -0.05) is 0 Å². The first-order valence-corrected chi connectivity index (χ1v) is 6.90. The van der Waals surface area contributed by atoms with Gasteiger partial charge in [-0.3, -0.25) is 4.98 Å². The Morgan fingerprint density at radius 2 is 2.04 bits per heavy atom. The summed E-state index contributed by atoms with van der Waals surface area (Å²) in [6, 6.07) is 0. The number of halogens is 2. The number of ether oxygens (including phenoxy) is 1. The number of hydrogen-bond donors (Lipinski definition) is 0. The highest BCUT2D eigenvalue weighted by molar-refractivity contribution is 6.30. The Hall–Kier alpha value is -3.04. The van der Waals surface area contributed by atoms with E-state index < -0.39 is 6.43 Å². The van der Waals surface area contributed by atoms with E-state index in [1.165, 1.54) is 27.7 Å². The van der Waals surface area contributed by atoms with E-state index in [4.69, 9.17) is 12.6 Å². The fourth-order valence-corrected chi connectivity index (χ4v) is 2.50. The molecule has 4 rings (SSSR count). The third kappa shape index (κ3) is 2.10. The normalized spacial score (nSPS) is 11.7. The molecule has 4 aromatic rings. The molecule has 0 aliphatic carbocycles. The van der Waals surface area contributed by atoms with Crippen LogP contribution in [0.4, 0.5) is 8.78 Å². The summed E-state index contributed by atoms with van der Waals surface area (Å²) in [5, 5.41) is 4.08. The zero-order chi connectivity index (χ0) is 16.8. The number of imidazole rings is 1.